The number of thiazole rings is 1. The summed E-state index contributed by atoms with van der Waals surface area (Å²) in [6.07, 6.45) is 1.68. The van der Waals surface area contributed by atoms with Crippen LogP contribution >= 0.6 is 22.9 Å². The quantitative estimate of drug-likeness (QED) is 0.722. The molecular formula is C8H7ClN2OS. The third-order valence-corrected chi connectivity index (χ3v) is 2.81. The van der Waals surface area contributed by atoms with E-state index in [1.54, 1.807) is 11.7 Å². The summed E-state index contributed by atoms with van der Waals surface area (Å²) in [5.74, 6) is 1.60. The lowest BCUT2D eigenvalue weighted by Gasteiger charge is -1.90. The van der Waals surface area contributed by atoms with Gasteiger partial charge in [-0.15, -0.1) is 22.9 Å². The number of hydrogen-bond acceptors (Lipinski definition) is 4. The van der Waals surface area contributed by atoms with Crippen LogP contribution in [0.1, 0.15) is 11.6 Å². The molecule has 0 atom stereocenters. The van der Waals surface area contributed by atoms with E-state index >= 15 is 0 Å². The normalized spacial score (nSPS) is 10.6. The zero-order valence-electron chi connectivity index (χ0n) is 6.95. The zero-order chi connectivity index (χ0) is 9.26. The minimum Gasteiger partial charge on any atom is -0.438 e. The van der Waals surface area contributed by atoms with E-state index in [1.165, 1.54) is 11.3 Å². The molecule has 0 aliphatic heterocycles. The molecule has 2 aromatic heterocycles. The van der Waals surface area contributed by atoms with Gasteiger partial charge in [-0.1, -0.05) is 0 Å². The van der Waals surface area contributed by atoms with E-state index in [-0.39, 0.29) is 0 Å². The summed E-state index contributed by atoms with van der Waals surface area (Å²) in [5.41, 5.74) is 2.75. The lowest BCUT2D eigenvalue weighted by atomic mass is 10.3. The topological polar surface area (TPSA) is 38.9 Å². The predicted octanol–water partition coefficient (Wildman–Crippen LogP) is 2.85. The number of alkyl halides is 1. The van der Waals surface area contributed by atoms with Gasteiger partial charge in [0, 0.05) is 0 Å². The van der Waals surface area contributed by atoms with Crippen molar-refractivity contribution in [2.75, 3.05) is 0 Å². The van der Waals surface area contributed by atoms with Crippen molar-refractivity contribution in [3.8, 4) is 10.6 Å². The number of oxazole rings is 1. The summed E-state index contributed by atoms with van der Waals surface area (Å²) in [7, 11) is 0. The maximum Gasteiger partial charge on any atom is 0.209 e. The zero-order valence-corrected chi connectivity index (χ0v) is 8.52. The highest BCUT2D eigenvalue weighted by Gasteiger charge is 2.09. The molecule has 2 aromatic rings. The minimum atomic E-state index is 0.303. The molecular weight excluding hydrogens is 208 g/mol. The molecule has 2 heterocycles. The maximum absolute atomic E-state index is 5.57. The third kappa shape index (κ3) is 1.59. The molecule has 0 amide bonds. The Bertz CT molecular complexity index is 410. The second-order valence-electron chi connectivity index (χ2n) is 2.52. The maximum atomic E-state index is 5.57. The second-order valence-corrected chi connectivity index (χ2v) is 3.64. The van der Waals surface area contributed by atoms with Gasteiger partial charge in [0.25, 0.3) is 0 Å². The Morgan fingerprint density at radius 3 is 2.92 bits per heavy atom. The fraction of sp³-hybridized carbons (Fsp3) is 0.250. The first-order chi connectivity index (χ1) is 6.31. The van der Waals surface area contributed by atoms with Gasteiger partial charge >= 0.3 is 0 Å². The molecule has 13 heavy (non-hydrogen) atoms. The molecule has 0 aromatic carbocycles. The number of aromatic nitrogens is 2. The first kappa shape index (κ1) is 8.72. The Hall–Kier alpha value is -0.870. The third-order valence-electron chi connectivity index (χ3n) is 1.64. The Labute approximate surface area is 84.4 Å². The lowest BCUT2D eigenvalue weighted by molar-refractivity contribution is 0.529. The van der Waals surface area contributed by atoms with Crippen molar-refractivity contribution in [1.82, 2.24) is 9.97 Å². The summed E-state index contributed by atoms with van der Waals surface area (Å²) in [6, 6.07) is 0. The van der Waals surface area contributed by atoms with Crippen molar-refractivity contribution in [2.45, 2.75) is 12.8 Å². The summed E-state index contributed by atoms with van der Waals surface area (Å²) in [4.78, 5) is 9.16. The molecule has 2 rings (SSSR count). The van der Waals surface area contributed by atoms with E-state index in [0.717, 1.165) is 16.3 Å². The monoisotopic (exact) mass is 214 g/mol. The van der Waals surface area contributed by atoms with Crippen LogP contribution in [0.5, 0.6) is 0 Å². The van der Waals surface area contributed by atoms with Gasteiger partial charge in [-0.2, -0.15) is 0 Å². The largest absolute Gasteiger partial charge is 0.438 e. The number of nitrogens with zero attached hydrogens (tertiary/aromatic N) is 2. The van der Waals surface area contributed by atoms with Crippen molar-refractivity contribution in [2.24, 2.45) is 0 Å². The molecule has 0 N–H and O–H groups in total. The van der Waals surface area contributed by atoms with E-state index in [2.05, 4.69) is 9.97 Å². The molecule has 0 saturated carbocycles. The van der Waals surface area contributed by atoms with Gasteiger partial charge in [0.2, 0.25) is 5.89 Å². The molecule has 5 heteroatoms. The molecule has 0 aliphatic rings. The van der Waals surface area contributed by atoms with Crippen LogP contribution in [0.15, 0.2) is 16.1 Å². The van der Waals surface area contributed by atoms with Crippen LogP contribution < -0.4 is 0 Å². The van der Waals surface area contributed by atoms with Gasteiger partial charge in [-0.05, 0) is 6.92 Å². The number of halogens is 1. The van der Waals surface area contributed by atoms with Crippen LogP contribution in [-0.4, -0.2) is 9.97 Å². The first-order valence-corrected chi connectivity index (χ1v) is 5.14. The Kier molecular flexibility index (Phi) is 2.33. The summed E-state index contributed by atoms with van der Waals surface area (Å²) in [5, 5.41) is 0. The highest BCUT2D eigenvalue weighted by atomic mass is 35.5. The van der Waals surface area contributed by atoms with Gasteiger partial charge < -0.3 is 4.42 Å². The van der Waals surface area contributed by atoms with Crippen LogP contribution in [0.2, 0.25) is 0 Å². The van der Waals surface area contributed by atoms with Crippen LogP contribution in [0.25, 0.3) is 10.6 Å². The van der Waals surface area contributed by atoms with Crippen molar-refractivity contribution in [3.05, 3.63) is 23.3 Å². The van der Waals surface area contributed by atoms with E-state index in [4.69, 9.17) is 16.0 Å². The van der Waals surface area contributed by atoms with Crippen molar-refractivity contribution in [3.63, 3.8) is 0 Å². The summed E-state index contributed by atoms with van der Waals surface area (Å²) >= 11 is 7.11. The summed E-state index contributed by atoms with van der Waals surface area (Å²) in [6.45, 7) is 1.94. The van der Waals surface area contributed by atoms with Crippen molar-refractivity contribution in [1.29, 1.82) is 0 Å². The highest BCUT2D eigenvalue weighted by molar-refractivity contribution is 7.13. The number of aryl methyl sites for hydroxylation is 1. The second kappa shape index (κ2) is 3.47. The Morgan fingerprint density at radius 1 is 1.54 bits per heavy atom. The Balaban J connectivity index is 2.41. The predicted molar refractivity (Wildman–Crippen MR) is 51.9 cm³/mol. The van der Waals surface area contributed by atoms with Crippen LogP contribution in [-0.2, 0) is 5.88 Å². The van der Waals surface area contributed by atoms with Crippen LogP contribution in [0, 0.1) is 6.92 Å². The molecule has 0 fully saturated rings. The fourth-order valence-corrected chi connectivity index (χ4v) is 1.89. The fourth-order valence-electron chi connectivity index (χ4n) is 1.02. The molecule has 0 radical (unpaired) electrons. The molecule has 0 aliphatic carbocycles. The smallest absolute Gasteiger partial charge is 0.209 e. The number of hydrogen-bond donors (Lipinski definition) is 0. The van der Waals surface area contributed by atoms with Crippen molar-refractivity contribution < 1.29 is 4.42 Å². The molecule has 0 bridgehead atoms. The molecule has 68 valence electrons. The average Bonchev–Trinajstić information content (AvgIpc) is 2.71. The first-order valence-electron chi connectivity index (χ1n) is 3.72. The van der Waals surface area contributed by atoms with E-state index in [1.807, 2.05) is 6.92 Å². The number of rotatable bonds is 2. The molecule has 0 unspecified atom stereocenters. The van der Waals surface area contributed by atoms with Crippen LogP contribution in [0.4, 0.5) is 0 Å². The van der Waals surface area contributed by atoms with E-state index in [9.17, 15) is 0 Å². The standard InChI is InChI=1S/C8H7ClN2OS/c1-5-8(13-4-11-5)6-3-10-7(2-9)12-6/h3-4H,2H2,1H3. The van der Waals surface area contributed by atoms with Gasteiger partial charge in [0.1, 0.15) is 0 Å². The van der Waals surface area contributed by atoms with Gasteiger partial charge in [0.15, 0.2) is 5.76 Å². The Morgan fingerprint density at radius 2 is 2.38 bits per heavy atom. The average molecular weight is 215 g/mol. The van der Waals surface area contributed by atoms with E-state index in [0.29, 0.717) is 11.8 Å². The molecule has 3 nitrogen and oxygen atoms in total. The minimum absolute atomic E-state index is 0.303. The lowest BCUT2D eigenvalue weighted by Crippen LogP contribution is -1.73. The van der Waals surface area contributed by atoms with Crippen molar-refractivity contribution >= 4 is 22.9 Å². The van der Waals surface area contributed by atoms with E-state index < -0.39 is 0 Å². The van der Waals surface area contributed by atoms with Crippen LogP contribution in [0.3, 0.4) is 0 Å². The molecule has 0 saturated heterocycles. The van der Waals surface area contributed by atoms with Gasteiger partial charge in [0.05, 0.1) is 28.2 Å². The van der Waals surface area contributed by atoms with Gasteiger partial charge in [-0.25, -0.2) is 9.97 Å². The highest BCUT2D eigenvalue weighted by Crippen LogP contribution is 2.27. The molecule has 0 spiro atoms. The van der Waals surface area contributed by atoms with Gasteiger partial charge in [-0.3, -0.25) is 0 Å². The summed E-state index contributed by atoms with van der Waals surface area (Å²) < 4.78 is 5.39. The SMILES string of the molecule is Cc1ncsc1-c1cnc(CCl)o1.